The minimum atomic E-state index is -1.08. The zero-order chi connectivity index (χ0) is 14.4. The van der Waals surface area contributed by atoms with Crippen molar-refractivity contribution in [2.45, 2.75) is 25.8 Å². The fraction of sp³-hybridized carbons (Fsp3) is 0.333. The molecule has 7 heteroatoms. The van der Waals surface area contributed by atoms with E-state index in [1.807, 2.05) is 29.5 Å². The van der Waals surface area contributed by atoms with E-state index in [0.717, 1.165) is 0 Å². The van der Waals surface area contributed by atoms with Crippen LogP contribution in [-0.2, 0) is 4.79 Å². The first-order chi connectivity index (χ1) is 8.93. The molecule has 1 aromatic carbocycles. The van der Waals surface area contributed by atoms with E-state index in [2.05, 4.69) is 10.6 Å². The molecule has 0 bridgehead atoms. The van der Waals surface area contributed by atoms with E-state index in [1.165, 1.54) is 18.2 Å². The first-order valence-electron chi connectivity index (χ1n) is 5.69. The van der Waals surface area contributed by atoms with Crippen LogP contribution in [0.5, 0.6) is 0 Å². The predicted molar refractivity (Wildman–Crippen MR) is 77.6 cm³/mol. The summed E-state index contributed by atoms with van der Waals surface area (Å²) in [6.07, 6.45) is 0.995. The number of aliphatic carboxylic acids is 1. The summed E-state index contributed by atoms with van der Waals surface area (Å²) in [4.78, 5) is 22.6. The lowest BCUT2D eigenvalue weighted by molar-refractivity contribution is -0.139. The molecule has 0 unspecified atom stereocenters. The fourth-order valence-corrected chi connectivity index (χ4v) is 2.07. The lowest BCUT2D eigenvalue weighted by atomic mass is 10.2. The van der Waals surface area contributed by atoms with Crippen LogP contribution in [-0.4, -0.2) is 23.1 Å². The summed E-state index contributed by atoms with van der Waals surface area (Å²) >= 11 is 1.88. The normalized spacial score (nSPS) is 11.7. The van der Waals surface area contributed by atoms with Crippen molar-refractivity contribution < 1.29 is 19.1 Å². The molecule has 0 radical (unpaired) electrons. The Labute approximate surface area is 123 Å². The summed E-state index contributed by atoms with van der Waals surface area (Å²) in [7, 11) is 0. The third-order valence-electron chi connectivity index (χ3n) is 2.36. The maximum absolute atomic E-state index is 12.9. The average molecular weight is 380 g/mol. The van der Waals surface area contributed by atoms with Crippen molar-refractivity contribution in [3.63, 3.8) is 0 Å². The highest BCUT2D eigenvalue weighted by Crippen LogP contribution is 2.18. The predicted octanol–water partition coefficient (Wildman–Crippen LogP) is 2.81. The molecule has 5 nitrogen and oxygen atoms in total. The smallest absolute Gasteiger partial charge is 0.326 e. The van der Waals surface area contributed by atoms with Crippen LogP contribution >= 0.6 is 22.6 Å². The van der Waals surface area contributed by atoms with Crippen molar-refractivity contribution in [1.82, 2.24) is 5.32 Å². The summed E-state index contributed by atoms with van der Waals surface area (Å²) in [6.45, 7) is 1.83. The Morgan fingerprint density at radius 3 is 2.68 bits per heavy atom. The Hall–Kier alpha value is -1.38. The van der Waals surface area contributed by atoms with Crippen molar-refractivity contribution in [3.05, 3.63) is 27.6 Å². The van der Waals surface area contributed by atoms with Gasteiger partial charge in [-0.05, 0) is 47.2 Å². The van der Waals surface area contributed by atoms with Gasteiger partial charge in [0, 0.05) is 3.57 Å². The maximum atomic E-state index is 12.9. The number of benzene rings is 1. The Balaban J connectivity index is 2.66. The number of hydrogen-bond donors (Lipinski definition) is 3. The first kappa shape index (κ1) is 15.7. The van der Waals surface area contributed by atoms with Gasteiger partial charge in [-0.2, -0.15) is 0 Å². The largest absolute Gasteiger partial charge is 0.480 e. The van der Waals surface area contributed by atoms with Crippen LogP contribution in [0.2, 0.25) is 0 Å². The molecule has 3 N–H and O–H groups in total. The molecule has 2 amide bonds. The highest BCUT2D eigenvalue weighted by molar-refractivity contribution is 14.1. The zero-order valence-corrected chi connectivity index (χ0v) is 12.4. The first-order valence-corrected chi connectivity index (χ1v) is 6.77. The van der Waals surface area contributed by atoms with E-state index < -0.39 is 23.9 Å². The van der Waals surface area contributed by atoms with E-state index in [9.17, 15) is 14.0 Å². The number of carbonyl (C=O) groups excluding carboxylic acids is 1. The number of nitrogens with one attached hydrogen (secondary N) is 2. The van der Waals surface area contributed by atoms with Gasteiger partial charge in [-0.15, -0.1) is 0 Å². The van der Waals surface area contributed by atoms with Crippen molar-refractivity contribution in [2.24, 2.45) is 0 Å². The monoisotopic (exact) mass is 380 g/mol. The molecule has 1 aromatic rings. The van der Waals surface area contributed by atoms with Crippen LogP contribution in [0.1, 0.15) is 19.8 Å². The highest BCUT2D eigenvalue weighted by Gasteiger charge is 2.19. The quantitative estimate of drug-likeness (QED) is 0.688. The summed E-state index contributed by atoms with van der Waals surface area (Å²) in [5.41, 5.74) is 0.431. The van der Waals surface area contributed by atoms with Crippen molar-refractivity contribution in [1.29, 1.82) is 0 Å². The Morgan fingerprint density at radius 2 is 2.16 bits per heavy atom. The molecule has 0 saturated heterocycles. The van der Waals surface area contributed by atoms with Gasteiger partial charge in [0.2, 0.25) is 0 Å². The highest BCUT2D eigenvalue weighted by atomic mass is 127. The van der Waals surface area contributed by atoms with Crippen LogP contribution in [0.3, 0.4) is 0 Å². The van der Waals surface area contributed by atoms with Gasteiger partial charge in [0.1, 0.15) is 11.9 Å². The molecule has 0 aromatic heterocycles. The zero-order valence-electron chi connectivity index (χ0n) is 10.2. The van der Waals surface area contributed by atoms with Crippen LogP contribution < -0.4 is 10.6 Å². The van der Waals surface area contributed by atoms with Gasteiger partial charge in [-0.3, -0.25) is 0 Å². The van der Waals surface area contributed by atoms with Gasteiger partial charge in [0.05, 0.1) is 5.69 Å². The second kappa shape index (κ2) is 7.27. The number of carbonyl (C=O) groups is 2. The Kier molecular flexibility index (Phi) is 6.00. The van der Waals surface area contributed by atoms with Crippen LogP contribution in [0.15, 0.2) is 18.2 Å². The Morgan fingerprint density at radius 1 is 1.47 bits per heavy atom. The maximum Gasteiger partial charge on any atom is 0.326 e. The molecule has 104 valence electrons. The molecule has 0 aliphatic rings. The number of halogens is 2. The van der Waals surface area contributed by atoms with Crippen molar-refractivity contribution in [2.75, 3.05) is 5.32 Å². The number of hydrogen-bond acceptors (Lipinski definition) is 2. The van der Waals surface area contributed by atoms with Gasteiger partial charge >= 0.3 is 12.0 Å². The topological polar surface area (TPSA) is 78.4 Å². The third-order valence-corrected chi connectivity index (χ3v) is 3.25. The van der Waals surface area contributed by atoms with E-state index >= 15 is 0 Å². The van der Waals surface area contributed by atoms with Gasteiger partial charge in [0.25, 0.3) is 0 Å². The van der Waals surface area contributed by atoms with E-state index in [-0.39, 0.29) is 0 Å². The molecule has 0 fully saturated rings. The van der Waals surface area contributed by atoms with Gasteiger partial charge in [0.15, 0.2) is 0 Å². The molecular formula is C12H14FIN2O3. The van der Waals surface area contributed by atoms with Crippen molar-refractivity contribution in [3.8, 4) is 0 Å². The number of carboxylic acids is 1. The van der Waals surface area contributed by atoms with E-state index in [4.69, 9.17) is 5.11 Å². The summed E-state index contributed by atoms with van der Waals surface area (Å²) < 4.78 is 13.4. The number of amides is 2. The number of urea groups is 1. The summed E-state index contributed by atoms with van der Waals surface area (Å²) in [5.74, 6) is -1.48. The van der Waals surface area contributed by atoms with Gasteiger partial charge < -0.3 is 15.7 Å². The van der Waals surface area contributed by atoms with E-state index in [0.29, 0.717) is 22.1 Å². The Bertz CT molecular complexity index is 482. The standard InChI is InChI=1S/C12H14FIN2O3/c1-2-3-10(11(17)18)16-12(19)15-9-5-4-7(13)6-8(9)14/h4-6,10H,2-3H2,1H3,(H,17,18)(H2,15,16,19)/t10-/m0/s1. The lowest BCUT2D eigenvalue weighted by Gasteiger charge is -2.14. The second-order valence-electron chi connectivity index (χ2n) is 3.90. The number of carboxylic acid groups (broad SMARTS) is 1. The van der Waals surface area contributed by atoms with Crippen LogP contribution in [0, 0.1) is 9.39 Å². The van der Waals surface area contributed by atoms with Gasteiger partial charge in [-0.25, -0.2) is 14.0 Å². The molecule has 1 atom stereocenters. The number of anilines is 1. The summed E-state index contributed by atoms with van der Waals surface area (Å²) in [5, 5.41) is 13.8. The third kappa shape index (κ3) is 5.01. The van der Waals surface area contributed by atoms with E-state index in [1.54, 1.807) is 0 Å². The van der Waals surface area contributed by atoms with Gasteiger partial charge in [-0.1, -0.05) is 13.3 Å². The second-order valence-corrected chi connectivity index (χ2v) is 5.06. The number of rotatable bonds is 5. The summed E-state index contributed by atoms with van der Waals surface area (Å²) in [6, 6.07) is 2.37. The van der Waals surface area contributed by atoms with Crippen LogP contribution in [0.25, 0.3) is 0 Å². The molecule has 0 saturated carbocycles. The minimum Gasteiger partial charge on any atom is -0.480 e. The SMILES string of the molecule is CCC[C@H](NC(=O)Nc1ccc(F)cc1I)C(=O)O. The van der Waals surface area contributed by atoms with Crippen LogP contribution in [0.4, 0.5) is 14.9 Å². The fourth-order valence-electron chi connectivity index (χ4n) is 1.45. The molecule has 0 heterocycles. The molecule has 0 aliphatic carbocycles. The molecule has 0 aliphatic heterocycles. The molecule has 1 rings (SSSR count). The van der Waals surface area contributed by atoms with Crippen molar-refractivity contribution >= 4 is 40.3 Å². The lowest BCUT2D eigenvalue weighted by Crippen LogP contribution is -2.43. The molecular weight excluding hydrogens is 366 g/mol. The molecule has 0 spiro atoms. The minimum absolute atomic E-state index is 0.350. The molecule has 19 heavy (non-hydrogen) atoms. The average Bonchev–Trinajstić information content (AvgIpc) is 2.32.